The van der Waals surface area contributed by atoms with Crippen LogP contribution in [0.3, 0.4) is 0 Å². The number of hydrogen-bond donors (Lipinski definition) is 0. The van der Waals surface area contributed by atoms with E-state index >= 15 is 0 Å². The van der Waals surface area contributed by atoms with Crippen molar-refractivity contribution in [2.75, 3.05) is 13.1 Å². The summed E-state index contributed by atoms with van der Waals surface area (Å²) >= 11 is 0. The molecule has 5 nitrogen and oxygen atoms in total. The fraction of sp³-hybridized carbons (Fsp3) is 0.375. The lowest BCUT2D eigenvalue weighted by Gasteiger charge is -2.31. The van der Waals surface area contributed by atoms with Gasteiger partial charge in [0, 0.05) is 30.9 Å². The maximum Gasteiger partial charge on any atom is 0.216 e. The number of hydrogen-bond acceptors (Lipinski definition) is 4. The lowest BCUT2D eigenvalue weighted by Crippen LogP contribution is -2.43. The van der Waals surface area contributed by atoms with Crippen molar-refractivity contribution in [3.63, 3.8) is 0 Å². The fourth-order valence-corrected chi connectivity index (χ4v) is 6.09. The average Bonchev–Trinajstić information content (AvgIpc) is 3.60. The molecule has 1 saturated heterocycles. The molecule has 5 rings (SSSR count). The van der Waals surface area contributed by atoms with Gasteiger partial charge >= 0.3 is 0 Å². The van der Waals surface area contributed by atoms with Gasteiger partial charge in [0.1, 0.15) is 11.9 Å². The second-order valence-corrected chi connectivity index (χ2v) is 10.6. The number of ether oxygens (including phenoxy) is 1. The minimum Gasteiger partial charge on any atom is -0.490 e. The molecule has 2 heterocycles. The lowest BCUT2D eigenvalue weighted by atomic mass is 10.00. The smallest absolute Gasteiger partial charge is 0.216 e. The minimum atomic E-state index is -3.10. The second-order valence-electron chi connectivity index (χ2n) is 8.40. The van der Waals surface area contributed by atoms with Crippen molar-refractivity contribution >= 4 is 20.8 Å². The maximum absolute atomic E-state index is 12.5. The van der Waals surface area contributed by atoms with Gasteiger partial charge < -0.3 is 4.74 Å². The molecule has 0 bridgehead atoms. The number of fused-ring (bicyclic) bond motifs is 1. The lowest BCUT2D eigenvalue weighted by molar-refractivity contribution is 0.137. The number of benzene rings is 2. The van der Waals surface area contributed by atoms with Gasteiger partial charge in [-0.25, -0.2) is 12.7 Å². The minimum absolute atomic E-state index is 0.00631. The van der Waals surface area contributed by atoms with Crippen LogP contribution in [0.25, 0.3) is 21.9 Å². The summed E-state index contributed by atoms with van der Waals surface area (Å²) in [6, 6.07) is 14.7. The molecule has 1 aliphatic carbocycles. The van der Waals surface area contributed by atoms with Gasteiger partial charge in [0.05, 0.1) is 5.25 Å². The zero-order valence-corrected chi connectivity index (χ0v) is 17.9. The van der Waals surface area contributed by atoms with Crippen LogP contribution in [0.5, 0.6) is 5.75 Å². The Bertz CT molecular complexity index is 1180. The van der Waals surface area contributed by atoms with Crippen LogP contribution in [0.4, 0.5) is 0 Å². The second kappa shape index (κ2) is 7.67. The molecule has 1 aromatic heterocycles. The number of pyridine rings is 1. The van der Waals surface area contributed by atoms with E-state index in [2.05, 4.69) is 48.3 Å². The third kappa shape index (κ3) is 3.82. The summed E-state index contributed by atoms with van der Waals surface area (Å²) in [5, 5.41) is 1.94. The van der Waals surface area contributed by atoms with Gasteiger partial charge in [-0.2, -0.15) is 0 Å². The molecule has 0 amide bonds. The highest BCUT2D eigenvalue weighted by molar-refractivity contribution is 7.90. The molecular weight excluding hydrogens is 396 g/mol. The first-order chi connectivity index (χ1) is 14.5. The monoisotopic (exact) mass is 422 g/mol. The van der Waals surface area contributed by atoms with Crippen LogP contribution >= 0.6 is 0 Å². The number of piperidine rings is 1. The van der Waals surface area contributed by atoms with Gasteiger partial charge in [-0.15, -0.1) is 0 Å². The quantitative estimate of drug-likeness (QED) is 0.605. The average molecular weight is 423 g/mol. The zero-order chi connectivity index (χ0) is 20.7. The Kier molecular flexibility index (Phi) is 4.99. The molecule has 3 aromatic rings. The Morgan fingerprint density at radius 2 is 1.80 bits per heavy atom. The van der Waals surface area contributed by atoms with Gasteiger partial charge in [-0.05, 0) is 67.3 Å². The van der Waals surface area contributed by atoms with Crippen LogP contribution in [0.2, 0.25) is 0 Å². The standard InChI is InChI=1S/C24H26N2O3S/c1-17-3-2-4-18(13-17)20-14-19-7-10-25-16-23(19)24(15-20)29-21-8-11-26(12-9-21)30(27,28)22-5-6-22/h2-4,7,10,13-16,21-22H,5-6,8-9,11-12H2,1H3. The third-order valence-corrected chi connectivity index (χ3v) is 8.47. The van der Waals surface area contributed by atoms with Gasteiger partial charge in [-0.1, -0.05) is 29.8 Å². The molecule has 2 aromatic carbocycles. The van der Waals surface area contributed by atoms with Gasteiger partial charge in [0.15, 0.2) is 0 Å². The van der Waals surface area contributed by atoms with Crippen molar-refractivity contribution in [1.82, 2.24) is 9.29 Å². The normalized spacial score (nSPS) is 18.6. The van der Waals surface area contributed by atoms with E-state index in [1.54, 1.807) is 10.5 Å². The topological polar surface area (TPSA) is 59.5 Å². The van der Waals surface area contributed by atoms with Gasteiger partial charge in [0.2, 0.25) is 10.0 Å². The molecule has 0 spiro atoms. The summed E-state index contributed by atoms with van der Waals surface area (Å²) in [6.45, 7) is 3.17. The number of sulfonamides is 1. The number of aromatic nitrogens is 1. The Morgan fingerprint density at radius 3 is 2.53 bits per heavy atom. The molecule has 0 atom stereocenters. The molecule has 0 N–H and O–H groups in total. The van der Waals surface area contributed by atoms with E-state index in [9.17, 15) is 8.42 Å². The maximum atomic E-state index is 12.5. The van der Waals surface area contributed by atoms with Crippen molar-refractivity contribution in [3.05, 3.63) is 60.4 Å². The van der Waals surface area contributed by atoms with Crippen LogP contribution in [-0.4, -0.2) is 42.2 Å². The van der Waals surface area contributed by atoms with Crippen LogP contribution in [0.1, 0.15) is 31.2 Å². The Balaban J connectivity index is 1.40. The summed E-state index contributed by atoms with van der Waals surface area (Å²) < 4.78 is 33.1. The summed E-state index contributed by atoms with van der Waals surface area (Å²) in [5.41, 5.74) is 3.49. The molecule has 2 aliphatic rings. The van der Waals surface area contributed by atoms with Crippen molar-refractivity contribution in [1.29, 1.82) is 0 Å². The highest BCUT2D eigenvalue weighted by Gasteiger charge is 2.41. The van der Waals surface area contributed by atoms with Gasteiger partial charge in [-0.3, -0.25) is 4.98 Å². The number of nitrogens with zero attached hydrogens (tertiary/aromatic N) is 2. The SMILES string of the molecule is Cc1cccc(-c2cc(OC3CCN(S(=O)(=O)C4CC4)CC3)c3cnccc3c2)c1. The first-order valence-electron chi connectivity index (χ1n) is 10.6. The molecule has 156 valence electrons. The fourth-order valence-electron chi connectivity index (χ4n) is 4.21. The Morgan fingerprint density at radius 1 is 1.00 bits per heavy atom. The van der Waals surface area contributed by atoms with Crippen LogP contribution in [0, 0.1) is 6.92 Å². The molecular formula is C24H26N2O3S. The predicted molar refractivity (Wildman–Crippen MR) is 119 cm³/mol. The van der Waals surface area contributed by atoms with Gasteiger partial charge in [0.25, 0.3) is 0 Å². The van der Waals surface area contributed by atoms with E-state index in [1.165, 1.54) is 5.56 Å². The highest BCUT2D eigenvalue weighted by atomic mass is 32.2. The first kappa shape index (κ1) is 19.5. The van der Waals surface area contributed by atoms with Crippen molar-refractivity contribution in [2.24, 2.45) is 0 Å². The number of aryl methyl sites for hydroxylation is 1. The summed E-state index contributed by atoms with van der Waals surface area (Å²) in [4.78, 5) is 4.29. The molecule has 30 heavy (non-hydrogen) atoms. The van der Waals surface area contributed by atoms with Crippen LogP contribution < -0.4 is 4.74 Å². The number of rotatable bonds is 5. The molecule has 1 saturated carbocycles. The third-order valence-electron chi connectivity index (χ3n) is 6.07. The van der Waals surface area contributed by atoms with E-state index in [0.717, 1.165) is 40.5 Å². The van der Waals surface area contributed by atoms with Crippen LogP contribution in [-0.2, 0) is 10.0 Å². The largest absolute Gasteiger partial charge is 0.490 e. The summed E-state index contributed by atoms with van der Waals surface area (Å²) in [5.74, 6) is 0.820. The van der Waals surface area contributed by atoms with Crippen LogP contribution in [0.15, 0.2) is 54.9 Å². The summed E-state index contributed by atoms with van der Waals surface area (Å²) in [6.07, 6.45) is 6.69. The van der Waals surface area contributed by atoms with Crippen molar-refractivity contribution in [2.45, 2.75) is 44.0 Å². The van der Waals surface area contributed by atoms with E-state index in [-0.39, 0.29) is 11.4 Å². The van der Waals surface area contributed by atoms with Crippen molar-refractivity contribution < 1.29 is 13.2 Å². The first-order valence-corrected chi connectivity index (χ1v) is 12.1. The molecule has 1 aliphatic heterocycles. The van der Waals surface area contributed by atoms with E-state index in [1.807, 2.05) is 12.3 Å². The zero-order valence-electron chi connectivity index (χ0n) is 17.1. The van der Waals surface area contributed by atoms with E-state index < -0.39 is 10.0 Å². The Labute approximate surface area is 177 Å². The predicted octanol–water partition coefficient (Wildman–Crippen LogP) is 4.55. The van der Waals surface area contributed by atoms with E-state index in [0.29, 0.717) is 25.9 Å². The Hall–Kier alpha value is -2.44. The molecule has 0 radical (unpaired) electrons. The molecule has 2 fully saturated rings. The van der Waals surface area contributed by atoms with E-state index in [4.69, 9.17) is 4.74 Å². The van der Waals surface area contributed by atoms with Crippen molar-refractivity contribution in [3.8, 4) is 16.9 Å². The molecule has 6 heteroatoms. The highest BCUT2D eigenvalue weighted by Crippen LogP contribution is 2.35. The molecule has 0 unspecified atom stereocenters. The summed E-state index contributed by atoms with van der Waals surface area (Å²) in [7, 11) is -3.10.